The average molecular weight is 429 g/mol. The van der Waals surface area contributed by atoms with Crippen LogP contribution in [0.4, 0.5) is 4.39 Å². The fourth-order valence-electron chi connectivity index (χ4n) is 3.33. The number of morpholine rings is 1. The van der Waals surface area contributed by atoms with Crippen LogP contribution in [0.15, 0.2) is 47.5 Å². The lowest BCUT2D eigenvalue weighted by molar-refractivity contribution is 0.0322. The number of guanidine groups is 1. The molecule has 0 radical (unpaired) electrons. The summed E-state index contributed by atoms with van der Waals surface area (Å²) in [5.74, 6) is 1.36. The quantitative estimate of drug-likeness (QED) is 0.475. The van der Waals surface area contributed by atoms with Gasteiger partial charge in [-0.05, 0) is 37.1 Å². The van der Waals surface area contributed by atoms with E-state index in [1.165, 1.54) is 0 Å². The molecular formula is C24H33FN4O2. The van der Waals surface area contributed by atoms with Crippen LogP contribution in [0.2, 0.25) is 0 Å². The highest BCUT2D eigenvalue weighted by Gasteiger charge is 2.11. The third kappa shape index (κ3) is 7.52. The minimum atomic E-state index is -0.200. The van der Waals surface area contributed by atoms with Gasteiger partial charge in [-0.3, -0.25) is 4.90 Å². The molecule has 168 valence electrons. The van der Waals surface area contributed by atoms with Crippen molar-refractivity contribution >= 4 is 5.96 Å². The Morgan fingerprint density at radius 2 is 1.97 bits per heavy atom. The fourth-order valence-corrected chi connectivity index (χ4v) is 3.33. The molecule has 2 N–H and O–H groups in total. The molecule has 0 unspecified atom stereocenters. The molecule has 31 heavy (non-hydrogen) atoms. The van der Waals surface area contributed by atoms with Gasteiger partial charge in [0.15, 0.2) is 5.96 Å². The molecule has 2 aromatic carbocycles. The number of ether oxygens (including phenoxy) is 2. The van der Waals surface area contributed by atoms with Gasteiger partial charge in [-0.15, -0.1) is 0 Å². The summed E-state index contributed by atoms with van der Waals surface area (Å²) in [6.07, 6.45) is 0. The number of aliphatic imine (C=N–C) groups is 1. The predicted octanol–water partition coefficient (Wildman–Crippen LogP) is 3.10. The van der Waals surface area contributed by atoms with E-state index in [1.807, 2.05) is 31.2 Å². The second kappa shape index (κ2) is 12.3. The summed E-state index contributed by atoms with van der Waals surface area (Å²) >= 11 is 0. The van der Waals surface area contributed by atoms with E-state index < -0.39 is 0 Å². The lowest BCUT2D eigenvalue weighted by Crippen LogP contribution is -2.38. The van der Waals surface area contributed by atoms with Crippen LogP contribution >= 0.6 is 0 Å². The first-order valence-electron chi connectivity index (χ1n) is 10.9. The van der Waals surface area contributed by atoms with Gasteiger partial charge in [-0.2, -0.15) is 0 Å². The van der Waals surface area contributed by atoms with Gasteiger partial charge in [0.2, 0.25) is 0 Å². The molecule has 7 heteroatoms. The van der Waals surface area contributed by atoms with E-state index in [2.05, 4.69) is 26.6 Å². The zero-order valence-electron chi connectivity index (χ0n) is 18.5. The third-order valence-electron chi connectivity index (χ3n) is 5.19. The first-order valence-corrected chi connectivity index (χ1v) is 10.9. The smallest absolute Gasteiger partial charge is 0.191 e. The highest BCUT2D eigenvalue weighted by molar-refractivity contribution is 5.79. The van der Waals surface area contributed by atoms with E-state index in [9.17, 15) is 4.39 Å². The van der Waals surface area contributed by atoms with Crippen molar-refractivity contribution in [2.24, 2.45) is 4.99 Å². The van der Waals surface area contributed by atoms with Gasteiger partial charge in [-0.1, -0.05) is 30.3 Å². The molecule has 0 amide bonds. The zero-order chi connectivity index (χ0) is 21.9. The van der Waals surface area contributed by atoms with Crippen LogP contribution in [0.25, 0.3) is 0 Å². The van der Waals surface area contributed by atoms with Gasteiger partial charge in [0.1, 0.15) is 18.2 Å². The predicted molar refractivity (Wildman–Crippen MR) is 122 cm³/mol. The average Bonchev–Trinajstić information content (AvgIpc) is 2.79. The lowest BCUT2D eigenvalue weighted by atomic mass is 10.1. The Morgan fingerprint density at radius 1 is 1.16 bits per heavy atom. The molecule has 0 aliphatic carbocycles. The minimum Gasteiger partial charge on any atom is -0.492 e. The van der Waals surface area contributed by atoms with Crippen LogP contribution in [-0.4, -0.2) is 56.9 Å². The van der Waals surface area contributed by atoms with E-state index in [0.717, 1.165) is 56.3 Å². The number of hydrogen-bond donors (Lipinski definition) is 2. The topological polar surface area (TPSA) is 58.1 Å². The van der Waals surface area contributed by atoms with Crippen molar-refractivity contribution in [3.8, 4) is 5.75 Å². The SMILES string of the molecule is CCNC(=NCc1ccc(C)c(F)c1)NCc1ccccc1OCCN1CCOCC1. The molecule has 0 aromatic heterocycles. The molecule has 2 aromatic rings. The monoisotopic (exact) mass is 428 g/mol. The molecule has 0 bridgehead atoms. The van der Waals surface area contributed by atoms with Crippen LogP contribution in [0.5, 0.6) is 5.75 Å². The maximum absolute atomic E-state index is 13.8. The van der Waals surface area contributed by atoms with E-state index in [1.54, 1.807) is 19.1 Å². The summed E-state index contributed by atoms with van der Waals surface area (Å²) in [4.78, 5) is 6.95. The molecule has 6 nitrogen and oxygen atoms in total. The van der Waals surface area contributed by atoms with E-state index >= 15 is 0 Å². The summed E-state index contributed by atoms with van der Waals surface area (Å²) in [5, 5.41) is 6.59. The van der Waals surface area contributed by atoms with Crippen LogP contribution < -0.4 is 15.4 Å². The number of aryl methyl sites for hydroxylation is 1. The zero-order valence-corrected chi connectivity index (χ0v) is 18.5. The summed E-state index contributed by atoms with van der Waals surface area (Å²) in [6, 6.07) is 13.3. The van der Waals surface area contributed by atoms with Crippen LogP contribution in [0.1, 0.15) is 23.6 Å². The molecule has 1 saturated heterocycles. The van der Waals surface area contributed by atoms with Crippen molar-refractivity contribution in [3.05, 3.63) is 65.0 Å². The Morgan fingerprint density at radius 3 is 2.74 bits per heavy atom. The number of nitrogens with zero attached hydrogens (tertiary/aromatic N) is 2. The van der Waals surface area contributed by atoms with Gasteiger partial charge in [0.25, 0.3) is 0 Å². The summed E-state index contributed by atoms with van der Waals surface area (Å²) in [7, 11) is 0. The van der Waals surface area contributed by atoms with Gasteiger partial charge in [-0.25, -0.2) is 9.38 Å². The first kappa shape index (κ1) is 23.0. The van der Waals surface area contributed by atoms with E-state index in [0.29, 0.717) is 31.2 Å². The van der Waals surface area contributed by atoms with Gasteiger partial charge in [0.05, 0.1) is 19.8 Å². The van der Waals surface area contributed by atoms with Crippen molar-refractivity contribution in [1.82, 2.24) is 15.5 Å². The number of rotatable bonds is 9. The van der Waals surface area contributed by atoms with Crippen molar-refractivity contribution in [3.63, 3.8) is 0 Å². The van der Waals surface area contributed by atoms with Crippen molar-refractivity contribution in [1.29, 1.82) is 0 Å². The van der Waals surface area contributed by atoms with Crippen molar-refractivity contribution in [2.45, 2.75) is 26.9 Å². The normalized spacial score (nSPS) is 15.0. The third-order valence-corrected chi connectivity index (χ3v) is 5.19. The summed E-state index contributed by atoms with van der Waals surface area (Å²) in [5.41, 5.74) is 2.55. The number of benzene rings is 2. The highest BCUT2D eigenvalue weighted by Crippen LogP contribution is 2.18. The van der Waals surface area contributed by atoms with Crippen LogP contribution in [0.3, 0.4) is 0 Å². The lowest BCUT2D eigenvalue weighted by Gasteiger charge is -2.26. The Kier molecular flexibility index (Phi) is 9.12. The largest absolute Gasteiger partial charge is 0.492 e. The second-order valence-corrected chi connectivity index (χ2v) is 7.54. The van der Waals surface area contributed by atoms with E-state index in [4.69, 9.17) is 9.47 Å². The highest BCUT2D eigenvalue weighted by atomic mass is 19.1. The number of hydrogen-bond acceptors (Lipinski definition) is 4. The molecule has 0 spiro atoms. The van der Waals surface area contributed by atoms with Crippen LogP contribution in [-0.2, 0) is 17.8 Å². The van der Waals surface area contributed by atoms with Gasteiger partial charge < -0.3 is 20.1 Å². The van der Waals surface area contributed by atoms with E-state index in [-0.39, 0.29) is 5.82 Å². The molecule has 1 heterocycles. The van der Waals surface area contributed by atoms with Gasteiger partial charge in [0, 0.05) is 38.3 Å². The number of nitrogens with one attached hydrogen (secondary N) is 2. The molecule has 1 fully saturated rings. The molecule has 0 saturated carbocycles. The molecule has 1 aliphatic heterocycles. The van der Waals surface area contributed by atoms with Crippen LogP contribution in [0, 0.1) is 12.7 Å². The maximum atomic E-state index is 13.8. The van der Waals surface area contributed by atoms with Crippen molar-refractivity contribution in [2.75, 3.05) is 46.0 Å². The van der Waals surface area contributed by atoms with Crippen molar-refractivity contribution < 1.29 is 13.9 Å². The molecule has 0 atom stereocenters. The molecule has 3 rings (SSSR count). The molecular weight excluding hydrogens is 395 g/mol. The molecule has 1 aliphatic rings. The minimum absolute atomic E-state index is 0.200. The summed E-state index contributed by atoms with van der Waals surface area (Å²) < 4.78 is 25.2. The number of halogens is 1. The van der Waals surface area contributed by atoms with Gasteiger partial charge >= 0.3 is 0 Å². The second-order valence-electron chi connectivity index (χ2n) is 7.54. The Bertz CT molecular complexity index is 853. The first-order chi connectivity index (χ1) is 15.2. The summed E-state index contributed by atoms with van der Waals surface area (Å²) in [6.45, 7) is 10.6. The maximum Gasteiger partial charge on any atom is 0.191 e. The Labute approximate surface area is 184 Å². The standard InChI is InChI=1S/C24H33FN4O2/c1-3-26-24(27-17-20-9-8-19(2)22(25)16-20)28-18-21-6-4-5-7-23(21)31-15-12-29-10-13-30-14-11-29/h4-9,16H,3,10-15,17-18H2,1-2H3,(H2,26,27,28). The Hall–Kier alpha value is -2.64. The fraction of sp³-hybridized carbons (Fsp3) is 0.458. The number of para-hydroxylation sites is 1. The Balaban J connectivity index is 1.55.